The fraction of sp³-hybridized carbons (Fsp3) is 0.312. The predicted octanol–water partition coefficient (Wildman–Crippen LogP) is 3.41. The lowest BCUT2D eigenvalue weighted by molar-refractivity contribution is 0.277. The highest BCUT2D eigenvalue weighted by molar-refractivity contribution is 5.57. The zero-order valence-electron chi connectivity index (χ0n) is 12.1. The largest absolute Gasteiger partial charge is 0.493 e. The second-order valence-corrected chi connectivity index (χ2v) is 4.38. The second kappa shape index (κ2) is 6.80. The number of hydrogen-bond donors (Lipinski definition) is 1. The third-order valence-electron chi connectivity index (χ3n) is 3.02. The molecule has 0 atom stereocenters. The average molecular weight is 272 g/mol. The SMILES string of the molecule is CCOc1cccc(NC)c1COc1ncccc1C. The number of rotatable bonds is 6. The van der Waals surface area contributed by atoms with Gasteiger partial charge in [-0.1, -0.05) is 12.1 Å². The van der Waals surface area contributed by atoms with Crippen molar-refractivity contribution in [1.82, 2.24) is 4.98 Å². The highest BCUT2D eigenvalue weighted by atomic mass is 16.5. The van der Waals surface area contributed by atoms with E-state index in [4.69, 9.17) is 9.47 Å². The molecule has 2 aromatic rings. The first-order valence-corrected chi connectivity index (χ1v) is 6.73. The molecule has 20 heavy (non-hydrogen) atoms. The van der Waals surface area contributed by atoms with Crippen LogP contribution in [-0.2, 0) is 6.61 Å². The summed E-state index contributed by atoms with van der Waals surface area (Å²) in [6.45, 7) is 5.00. The topological polar surface area (TPSA) is 43.4 Å². The molecule has 4 nitrogen and oxygen atoms in total. The molecule has 0 radical (unpaired) electrons. The minimum atomic E-state index is 0.421. The Morgan fingerprint density at radius 1 is 1.15 bits per heavy atom. The van der Waals surface area contributed by atoms with Gasteiger partial charge in [-0.25, -0.2) is 4.98 Å². The van der Waals surface area contributed by atoms with Gasteiger partial charge in [-0.05, 0) is 32.0 Å². The van der Waals surface area contributed by atoms with E-state index in [9.17, 15) is 0 Å². The Bertz CT molecular complexity index is 570. The predicted molar refractivity (Wildman–Crippen MR) is 80.5 cm³/mol. The summed E-state index contributed by atoms with van der Waals surface area (Å²) in [6.07, 6.45) is 1.73. The number of aryl methyl sites for hydroxylation is 1. The van der Waals surface area contributed by atoms with Crippen molar-refractivity contribution in [3.63, 3.8) is 0 Å². The Morgan fingerprint density at radius 2 is 2.00 bits per heavy atom. The molecule has 0 aliphatic carbocycles. The minimum Gasteiger partial charge on any atom is -0.493 e. The molecular formula is C16H20N2O2. The number of anilines is 1. The fourth-order valence-corrected chi connectivity index (χ4v) is 2.00. The molecule has 0 unspecified atom stereocenters. The van der Waals surface area contributed by atoms with Crippen LogP contribution in [0.15, 0.2) is 36.5 Å². The monoisotopic (exact) mass is 272 g/mol. The van der Waals surface area contributed by atoms with Gasteiger partial charge < -0.3 is 14.8 Å². The minimum absolute atomic E-state index is 0.421. The zero-order valence-corrected chi connectivity index (χ0v) is 12.1. The van der Waals surface area contributed by atoms with E-state index in [0.29, 0.717) is 19.1 Å². The molecule has 0 saturated carbocycles. The number of benzene rings is 1. The highest BCUT2D eigenvalue weighted by Gasteiger charge is 2.10. The third kappa shape index (κ3) is 3.20. The molecular weight excluding hydrogens is 252 g/mol. The number of nitrogens with zero attached hydrogens (tertiary/aromatic N) is 1. The third-order valence-corrected chi connectivity index (χ3v) is 3.02. The maximum atomic E-state index is 5.82. The summed E-state index contributed by atoms with van der Waals surface area (Å²) in [4.78, 5) is 4.24. The Morgan fingerprint density at radius 3 is 2.70 bits per heavy atom. The number of nitrogens with one attached hydrogen (secondary N) is 1. The van der Waals surface area contributed by atoms with Crippen molar-refractivity contribution in [3.05, 3.63) is 47.7 Å². The van der Waals surface area contributed by atoms with Crippen molar-refractivity contribution in [2.24, 2.45) is 0 Å². The zero-order chi connectivity index (χ0) is 14.4. The lowest BCUT2D eigenvalue weighted by Crippen LogP contribution is -2.06. The molecule has 1 heterocycles. The van der Waals surface area contributed by atoms with Gasteiger partial charge >= 0.3 is 0 Å². The number of ether oxygens (including phenoxy) is 2. The number of pyridine rings is 1. The average Bonchev–Trinajstić information content (AvgIpc) is 2.47. The van der Waals surface area contributed by atoms with Crippen molar-refractivity contribution < 1.29 is 9.47 Å². The molecule has 0 amide bonds. The van der Waals surface area contributed by atoms with Crippen molar-refractivity contribution in [2.75, 3.05) is 19.0 Å². The van der Waals surface area contributed by atoms with Crippen molar-refractivity contribution in [2.45, 2.75) is 20.5 Å². The van der Waals surface area contributed by atoms with E-state index < -0.39 is 0 Å². The first-order valence-electron chi connectivity index (χ1n) is 6.73. The molecule has 1 aromatic carbocycles. The van der Waals surface area contributed by atoms with E-state index in [1.165, 1.54) is 0 Å². The van der Waals surface area contributed by atoms with Gasteiger partial charge in [0.2, 0.25) is 5.88 Å². The normalized spacial score (nSPS) is 10.2. The number of aromatic nitrogens is 1. The molecule has 0 bridgehead atoms. The van der Waals surface area contributed by atoms with Crippen LogP contribution in [0.4, 0.5) is 5.69 Å². The molecule has 0 aliphatic heterocycles. The molecule has 2 rings (SSSR count). The van der Waals surface area contributed by atoms with E-state index >= 15 is 0 Å². The van der Waals surface area contributed by atoms with Crippen LogP contribution < -0.4 is 14.8 Å². The second-order valence-electron chi connectivity index (χ2n) is 4.38. The summed E-state index contributed by atoms with van der Waals surface area (Å²) in [5.41, 5.74) is 3.03. The smallest absolute Gasteiger partial charge is 0.216 e. The van der Waals surface area contributed by atoms with Gasteiger partial charge in [0.15, 0.2) is 0 Å². The van der Waals surface area contributed by atoms with Crippen LogP contribution in [0.5, 0.6) is 11.6 Å². The fourth-order valence-electron chi connectivity index (χ4n) is 2.00. The van der Waals surface area contributed by atoms with Gasteiger partial charge in [0.05, 0.1) is 12.2 Å². The lowest BCUT2D eigenvalue weighted by atomic mass is 10.1. The first-order chi connectivity index (χ1) is 9.76. The Hall–Kier alpha value is -2.23. The molecule has 1 N–H and O–H groups in total. The van der Waals surface area contributed by atoms with Crippen LogP contribution in [0.25, 0.3) is 0 Å². The summed E-state index contributed by atoms with van der Waals surface area (Å²) in [7, 11) is 1.89. The van der Waals surface area contributed by atoms with Gasteiger partial charge in [-0.3, -0.25) is 0 Å². The van der Waals surface area contributed by atoms with Crippen molar-refractivity contribution in [3.8, 4) is 11.6 Å². The quantitative estimate of drug-likeness (QED) is 0.875. The molecule has 1 aromatic heterocycles. The van der Waals surface area contributed by atoms with Crippen molar-refractivity contribution >= 4 is 5.69 Å². The standard InChI is InChI=1S/C16H20N2O2/c1-4-19-15-9-5-8-14(17-3)13(15)11-20-16-12(2)7-6-10-18-16/h5-10,17H,4,11H2,1-3H3. The van der Waals surface area contributed by atoms with Gasteiger partial charge in [-0.2, -0.15) is 0 Å². The molecule has 0 aliphatic rings. The van der Waals surface area contributed by atoms with Gasteiger partial charge in [0.25, 0.3) is 0 Å². The summed E-state index contributed by atoms with van der Waals surface area (Å²) < 4.78 is 11.5. The summed E-state index contributed by atoms with van der Waals surface area (Å²) in [5, 5.41) is 3.16. The molecule has 0 spiro atoms. The number of hydrogen-bond acceptors (Lipinski definition) is 4. The van der Waals surface area contributed by atoms with E-state index in [-0.39, 0.29) is 0 Å². The molecule has 0 saturated heterocycles. The van der Waals surface area contributed by atoms with Crippen LogP contribution in [0, 0.1) is 6.92 Å². The summed E-state index contributed by atoms with van der Waals surface area (Å²) in [5.74, 6) is 1.49. The molecule has 0 fully saturated rings. The Balaban J connectivity index is 2.21. The maximum Gasteiger partial charge on any atom is 0.216 e. The van der Waals surface area contributed by atoms with Crippen LogP contribution in [0.2, 0.25) is 0 Å². The van der Waals surface area contributed by atoms with Crippen LogP contribution in [-0.4, -0.2) is 18.6 Å². The van der Waals surface area contributed by atoms with Crippen LogP contribution in [0.1, 0.15) is 18.1 Å². The van der Waals surface area contributed by atoms with E-state index in [1.54, 1.807) is 6.20 Å². The Kier molecular flexibility index (Phi) is 4.82. The van der Waals surface area contributed by atoms with E-state index in [1.807, 2.05) is 51.2 Å². The summed E-state index contributed by atoms with van der Waals surface area (Å²) >= 11 is 0. The van der Waals surface area contributed by atoms with E-state index in [2.05, 4.69) is 10.3 Å². The lowest BCUT2D eigenvalue weighted by Gasteiger charge is -2.15. The molecule has 4 heteroatoms. The van der Waals surface area contributed by atoms with Crippen molar-refractivity contribution in [1.29, 1.82) is 0 Å². The van der Waals surface area contributed by atoms with Gasteiger partial charge in [-0.15, -0.1) is 0 Å². The Labute approximate surface area is 119 Å². The molecule has 106 valence electrons. The van der Waals surface area contributed by atoms with Gasteiger partial charge in [0.1, 0.15) is 12.4 Å². The van der Waals surface area contributed by atoms with E-state index in [0.717, 1.165) is 22.6 Å². The highest BCUT2D eigenvalue weighted by Crippen LogP contribution is 2.28. The van der Waals surface area contributed by atoms with Gasteiger partial charge in [0, 0.05) is 24.5 Å². The van der Waals surface area contributed by atoms with Crippen LogP contribution in [0.3, 0.4) is 0 Å². The van der Waals surface area contributed by atoms with Crippen LogP contribution >= 0.6 is 0 Å². The first kappa shape index (κ1) is 14.2. The maximum absolute atomic E-state index is 5.82. The summed E-state index contributed by atoms with van der Waals surface area (Å²) in [6, 6.07) is 9.80.